The van der Waals surface area contributed by atoms with Gasteiger partial charge in [0.2, 0.25) is 0 Å². The van der Waals surface area contributed by atoms with E-state index in [1.165, 1.54) is 6.07 Å². The van der Waals surface area contributed by atoms with Crippen LogP contribution in [0, 0.1) is 0 Å². The molecule has 3 nitrogen and oxygen atoms in total. The average Bonchev–Trinajstić information content (AvgIpc) is 2.27. The maximum Gasteiger partial charge on any atom is 0.416 e. The monoisotopic (exact) mass is 275 g/mol. The molecule has 0 atom stereocenters. The number of benzene rings is 1. The summed E-state index contributed by atoms with van der Waals surface area (Å²) < 4.78 is 42.7. The Morgan fingerprint density at radius 3 is 2.42 bits per heavy atom. The van der Waals surface area contributed by atoms with E-state index in [2.05, 4.69) is 0 Å². The van der Waals surface area contributed by atoms with Crippen LogP contribution in [0.4, 0.5) is 13.2 Å². The van der Waals surface area contributed by atoms with Gasteiger partial charge in [0.1, 0.15) is 0 Å². The van der Waals surface area contributed by atoms with Gasteiger partial charge in [-0.15, -0.1) is 0 Å². The molecule has 0 fully saturated rings. The molecule has 0 saturated carbocycles. The van der Waals surface area contributed by atoms with Crippen molar-refractivity contribution < 1.29 is 22.7 Å². The minimum atomic E-state index is -4.47. The summed E-state index contributed by atoms with van der Waals surface area (Å²) in [4.78, 5) is 13.5. The van der Waals surface area contributed by atoms with E-state index in [1.54, 1.807) is 25.9 Å². The number of hydrogen-bond donors (Lipinski definition) is 0. The molecule has 0 bridgehead atoms. The Morgan fingerprint density at radius 2 is 1.95 bits per heavy atom. The van der Waals surface area contributed by atoms with E-state index in [1.807, 2.05) is 0 Å². The van der Waals surface area contributed by atoms with Crippen LogP contribution in [0.1, 0.15) is 28.4 Å². The van der Waals surface area contributed by atoms with Crippen molar-refractivity contribution in [1.29, 1.82) is 0 Å². The molecule has 1 aromatic rings. The minimum absolute atomic E-state index is 0.0367. The Balaban J connectivity index is 3.22. The molecule has 6 heteroatoms. The van der Waals surface area contributed by atoms with Crippen LogP contribution >= 0.6 is 0 Å². The van der Waals surface area contributed by atoms with Crippen molar-refractivity contribution in [3.8, 4) is 0 Å². The molecule has 1 aromatic carbocycles. The molecular formula is C13H16F3NO2. The highest BCUT2D eigenvalue weighted by Gasteiger charge is 2.32. The third-order valence-electron chi connectivity index (χ3n) is 2.42. The first kappa shape index (κ1) is 15.5. The molecule has 0 unspecified atom stereocenters. The SMILES string of the molecule is CCOC(=O)c1cc(C(F)(F)F)ccc1CN(C)C. The van der Waals surface area contributed by atoms with E-state index in [-0.39, 0.29) is 12.2 Å². The van der Waals surface area contributed by atoms with Crippen molar-refractivity contribution in [3.05, 3.63) is 34.9 Å². The molecule has 0 saturated heterocycles. The Hall–Kier alpha value is -1.56. The summed E-state index contributed by atoms with van der Waals surface area (Å²) in [5.74, 6) is -0.731. The second-order valence-electron chi connectivity index (χ2n) is 4.33. The first-order valence-electron chi connectivity index (χ1n) is 5.77. The lowest BCUT2D eigenvalue weighted by Crippen LogP contribution is -2.17. The second kappa shape index (κ2) is 6.06. The maximum absolute atomic E-state index is 12.6. The normalized spacial score (nSPS) is 11.7. The summed E-state index contributed by atoms with van der Waals surface area (Å²) in [6, 6.07) is 3.13. The molecule has 0 aliphatic carbocycles. The van der Waals surface area contributed by atoms with E-state index in [4.69, 9.17) is 4.74 Å². The number of carbonyl (C=O) groups is 1. The van der Waals surface area contributed by atoms with Gasteiger partial charge in [0, 0.05) is 6.54 Å². The van der Waals surface area contributed by atoms with Crippen molar-refractivity contribution in [2.75, 3.05) is 20.7 Å². The molecule has 0 aromatic heterocycles. The number of rotatable bonds is 4. The zero-order chi connectivity index (χ0) is 14.6. The smallest absolute Gasteiger partial charge is 0.416 e. The highest BCUT2D eigenvalue weighted by molar-refractivity contribution is 5.91. The summed E-state index contributed by atoms with van der Waals surface area (Å²) in [6.07, 6.45) is -4.47. The Labute approximate surface area is 110 Å². The summed E-state index contributed by atoms with van der Waals surface area (Å²) in [6.45, 7) is 2.10. The average molecular weight is 275 g/mol. The molecule has 0 aliphatic rings. The number of hydrogen-bond acceptors (Lipinski definition) is 3. The Morgan fingerprint density at radius 1 is 1.32 bits per heavy atom. The van der Waals surface area contributed by atoms with Crippen LogP contribution in [0.2, 0.25) is 0 Å². The number of esters is 1. The zero-order valence-electron chi connectivity index (χ0n) is 11.0. The molecule has 0 heterocycles. The fraction of sp³-hybridized carbons (Fsp3) is 0.462. The molecule has 0 amide bonds. The van der Waals surface area contributed by atoms with E-state index in [9.17, 15) is 18.0 Å². The third kappa shape index (κ3) is 4.24. The van der Waals surface area contributed by atoms with Crippen LogP contribution in [0.25, 0.3) is 0 Å². The van der Waals surface area contributed by atoms with Crippen molar-refractivity contribution in [2.45, 2.75) is 19.6 Å². The summed E-state index contributed by atoms with van der Waals surface area (Å²) >= 11 is 0. The molecule has 106 valence electrons. The van der Waals surface area contributed by atoms with Crippen LogP contribution < -0.4 is 0 Å². The van der Waals surface area contributed by atoms with Crippen molar-refractivity contribution in [2.24, 2.45) is 0 Å². The molecule has 0 radical (unpaired) electrons. The molecule has 0 aliphatic heterocycles. The Kier molecular flexibility index (Phi) is 4.94. The predicted molar refractivity (Wildman–Crippen MR) is 64.8 cm³/mol. The highest BCUT2D eigenvalue weighted by atomic mass is 19.4. The lowest BCUT2D eigenvalue weighted by atomic mass is 10.0. The number of carbonyl (C=O) groups excluding carboxylic acids is 1. The predicted octanol–water partition coefficient (Wildman–Crippen LogP) is 2.94. The first-order chi connectivity index (χ1) is 8.75. The molecule has 0 N–H and O–H groups in total. The van der Waals surface area contributed by atoms with Gasteiger partial charge in [0.25, 0.3) is 0 Å². The van der Waals surface area contributed by atoms with Gasteiger partial charge in [-0.3, -0.25) is 0 Å². The van der Waals surface area contributed by atoms with Gasteiger partial charge in [0.15, 0.2) is 0 Å². The largest absolute Gasteiger partial charge is 0.462 e. The highest BCUT2D eigenvalue weighted by Crippen LogP contribution is 2.31. The fourth-order valence-corrected chi connectivity index (χ4v) is 1.63. The van der Waals surface area contributed by atoms with Crippen LogP contribution in [-0.2, 0) is 17.5 Å². The van der Waals surface area contributed by atoms with Gasteiger partial charge in [-0.25, -0.2) is 4.79 Å². The minimum Gasteiger partial charge on any atom is -0.462 e. The molecule has 1 rings (SSSR count). The van der Waals surface area contributed by atoms with Crippen LogP contribution in [-0.4, -0.2) is 31.6 Å². The zero-order valence-corrected chi connectivity index (χ0v) is 11.0. The van der Waals surface area contributed by atoms with Gasteiger partial charge in [0.05, 0.1) is 17.7 Å². The maximum atomic E-state index is 12.6. The summed E-state index contributed by atoms with van der Waals surface area (Å²) in [5.41, 5.74) is -0.375. The number of nitrogens with zero attached hydrogens (tertiary/aromatic N) is 1. The first-order valence-corrected chi connectivity index (χ1v) is 5.77. The molecular weight excluding hydrogens is 259 g/mol. The van der Waals surface area contributed by atoms with Crippen LogP contribution in [0.15, 0.2) is 18.2 Å². The molecule has 19 heavy (non-hydrogen) atoms. The van der Waals surface area contributed by atoms with Crippen molar-refractivity contribution >= 4 is 5.97 Å². The van der Waals surface area contributed by atoms with Crippen molar-refractivity contribution in [3.63, 3.8) is 0 Å². The molecule has 0 spiro atoms. The summed E-state index contributed by atoms with van der Waals surface area (Å²) in [7, 11) is 3.54. The standard InChI is InChI=1S/C13H16F3NO2/c1-4-19-12(18)11-7-10(13(14,15)16)6-5-9(11)8-17(2)3/h5-7H,4,8H2,1-3H3. The van der Waals surface area contributed by atoms with Crippen LogP contribution in [0.5, 0.6) is 0 Å². The topological polar surface area (TPSA) is 29.5 Å². The lowest BCUT2D eigenvalue weighted by molar-refractivity contribution is -0.137. The van der Waals surface area contributed by atoms with E-state index in [0.717, 1.165) is 12.1 Å². The van der Waals surface area contributed by atoms with E-state index in [0.29, 0.717) is 12.1 Å². The van der Waals surface area contributed by atoms with Gasteiger partial charge >= 0.3 is 12.1 Å². The van der Waals surface area contributed by atoms with E-state index >= 15 is 0 Å². The number of halogens is 3. The fourth-order valence-electron chi connectivity index (χ4n) is 1.63. The Bertz CT molecular complexity index is 456. The van der Waals surface area contributed by atoms with Gasteiger partial charge in [-0.05, 0) is 38.7 Å². The van der Waals surface area contributed by atoms with Crippen molar-refractivity contribution in [1.82, 2.24) is 4.90 Å². The number of alkyl halides is 3. The quantitative estimate of drug-likeness (QED) is 0.791. The van der Waals surface area contributed by atoms with Gasteiger partial charge < -0.3 is 9.64 Å². The van der Waals surface area contributed by atoms with Crippen LogP contribution in [0.3, 0.4) is 0 Å². The number of ether oxygens (including phenoxy) is 1. The lowest BCUT2D eigenvalue weighted by Gasteiger charge is -2.15. The third-order valence-corrected chi connectivity index (χ3v) is 2.42. The second-order valence-corrected chi connectivity index (χ2v) is 4.33. The van der Waals surface area contributed by atoms with E-state index < -0.39 is 17.7 Å². The van der Waals surface area contributed by atoms with Gasteiger partial charge in [-0.2, -0.15) is 13.2 Å². The summed E-state index contributed by atoms with van der Waals surface area (Å²) in [5, 5.41) is 0. The van der Waals surface area contributed by atoms with Gasteiger partial charge in [-0.1, -0.05) is 6.07 Å².